The third-order valence-electron chi connectivity index (χ3n) is 5.99. The fraction of sp³-hybridized carbons (Fsp3) is 0.250. The number of nitrogens with zero attached hydrogens (tertiary/aromatic N) is 7. The van der Waals surface area contributed by atoms with Crippen molar-refractivity contribution in [2.45, 2.75) is 12.5 Å². The molecular weight excluding hydrogens is 416 g/mol. The van der Waals surface area contributed by atoms with E-state index in [1.807, 2.05) is 58.8 Å². The number of para-hydroxylation sites is 2. The largest absolute Gasteiger partial charge is 0.485 e. The molecule has 1 N–H and O–H groups in total. The molecule has 5 aromatic rings. The third kappa shape index (κ3) is 3.76. The Hall–Kier alpha value is -3.98. The number of ether oxygens (including phenoxy) is 1. The summed E-state index contributed by atoms with van der Waals surface area (Å²) in [6, 6.07) is 13.9. The fourth-order valence-electron chi connectivity index (χ4n) is 4.35. The van der Waals surface area contributed by atoms with E-state index in [1.54, 1.807) is 12.4 Å². The van der Waals surface area contributed by atoms with Gasteiger partial charge in [0.2, 0.25) is 0 Å². The van der Waals surface area contributed by atoms with Crippen molar-refractivity contribution >= 4 is 28.2 Å². The monoisotopic (exact) mass is 440 g/mol. The molecule has 1 aromatic carbocycles. The molecule has 9 heteroatoms. The molecule has 0 radical (unpaired) electrons. The molecular formula is C24H24N8O. The van der Waals surface area contributed by atoms with Crippen LogP contribution in [-0.2, 0) is 7.05 Å². The lowest BCUT2D eigenvalue weighted by atomic mass is 10.1. The van der Waals surface area contributed by atoms with Gasteiger partial charge in [0.05, 0.1) is 28.9 Å². The molecule has 1 fully saturated rings. The number of aryl methyl sites for hydroxylation is 1. The second kappa shape index (κ2) is 7.86. The van der Waals surface area contributed by atoms with Gasteiger partial charge in [-0.25, -0.2) is 9.50 Å². The van der Waals surface area contributed by atoms with Crippen molar-refractivity contribution < 1.29 is 4.74 Å². The van der Waals surface area contributed by atoms with Gasteiger partial charge >= 0.3 is 0 Å². The van der Waals surface area contributed by atoms with Gasteiger partial charge in [-0.3, -0.25) is 9.67 Å². The van der Waals surface area contributed by atoms with Crippen molar-refractivity contribution in [2.75, 3.05) is 25.5 Å². The van der Waals surface area contributed by atoms with Crippen LogP contribution >= 0.6 is 0 Å². The van der Waals surface area contributed by atoms with E-state index in [4.69, 9.17) is 4.74 Å². The number of rotatable bonds is 5. The molecule has 9 nitrogen and oxygen atoms in total. The summed E-state index contributed by atoms with van der Waals surface area (Å²) in [6.07, 6.45) is 6.69. The van der Waals surface area contributed by atoms with Crippen LogP contribution in [0, 0.1) is 0 Å². The minimum absolute atomic E-state index is 0.190. The van der Waals surface area contributed by atoms with Crippen molar-refractivity contribution in [1.29, 1.82) is 0 Å². The van der Waals surface area contributed by atoms with E-state index < -0.39 is 0 Å². The fourth-order valence-corrected chi connectivity index (χ4v) is 4.35. The van der Waals surface area contributed by atoms with E-state index in [1.165, 1.54) is 0 Å². The number of pyridine rings is 1. The average Bonchev–Trinajstić information content (AvgIpc) is 3.51. The van der Waals surface area contributed by atoms with Gasteiger partial charge in [-0.05, 0) is 37.7 Å². The molecule has 0 amide bonds. The molecule has 5 heterocycles. The highest BCUT2D eigenvalue weighted by atomic mass is 16.5. The van der Waals surface area contributed by atoms with Crippen LogP contribution in [0.1, 0.15) is 6.42 Å². The number of hydrogen-bond acceptors (Lipinski definition) is 7. The molecule has 166 valence electrons. The molecule has 0 aliphatic carbocycles. The van der Waals surface area contributed by atoms with E-state index in [9.17, 15) is 0 Å². The zero-order valence-corrected chi connectivity index (χ0v) is 18.5. The van der Waals surface area contributed by atoms with E-state index in [2.05, 4.69) is 43.5 Å². The number of likely N-dealkylation sites (N-methyl/N-ethyl adjacent to an activating group) is 1. The number of anilines is 2. The number of likely N-dealkylation sites (tertiary alicyclic amines) is 1. The maximum atomic E-state index is 6.31. The van der Waals surface area contributed by atoms with Crippen LogP contribution in [0.3, 0.4) is 0 Å². The zero-order valence-electron chi connectivity index (χ0n) is 18.5. The number of fused-ring (bicyclic) bond motifs is 2. The van der Waals surface area contributed by atoms with Gasteiger partial charge < -0.3 is 15.0 Å². The van der Waals surface area contributed by atoms with Gasteiger partial charge in [0.1, 0.15) is 11.8 Å². The molecule has 33 heavy (non-hydrogen) atoms. The lowest BCUT2D eigenvalue weighted by Gasteiger charge is -2.14. The first kappa shape index (κ1) is 19.7. The van der Waals surface area contributed by atoms with Crippen LogP contribution in [0.15, 0.2) is 61.1 Å². The molecule has 0 bridgehead atoms. The minimum atomic E-state index is 0.190. The first-order valence-corrected chi connectivity index (χ1v) is 11.0. The van der Waals surface area contributed by atoms with E-state index >= 15 is 0 Å². The average molecular weight is 441 g/mol. The summed E-state index contributed by atoms with van der Waals surface area (Å²) >= 11 is 0. The Balaban J connectivity index is 1.29. The number of nitrogens with one attached hydrogen (secondary N) is 1. The Bertz CT molecular complexity index is 1460. The van der Waals surface area contributed by atoms with Crippen molar-refractivity contribution in [2.24, 2.45) is 7.05 Å². The van der Waals surface area contributed by atoms with Crippen molar-refractivity contribution in [3.05, 3.63) is 61.1 Å². The smallest absolute Gasteiger partial charge is 0.165 e. The van der Waals surface area contributed by atoms with Gasteiger partial charge in [0.15, 0.2) is 17.4 Å². The van der Waals surface area contributed by atoms with Crippen LogP contribution in [0.2, 0.25) is 0 Å². The number of benzene rings is 1. The van der Waals surface area contributed by atoms with Crippen molar-refractivity contribution in [3.63, 3.8) is 0 Å². The molecule has 1 atom stereocenters. The Morgan fingerprint density at radius 3 is 2.76 bits per heavy atom. The van der Waals surface area contributed by atoms with Crippen LogP contribution in [0.5, 0.6) is 5.75 Å². The van der Waals surface area contributed by atoms with Crippen molar-refractivity contribution in [3.8, 4) is 17.0 Å². The van der Waals surface area contributed by atoms with E-state index in [0.29, 0.717) is 11.6 Å². The van der Waals surface area contributed by atoms with Gasteiger partial charge in [0, 0.05) is 38.0 Å². The third-order valence-corrected chi connectivity index (χ3v) is 5.99. The zero-order chi connectivity index (χ0) is 22.4. The second-order valence-corrected chi connectivity index (χ2v) is 8.46. The quantitative estimate of drug-likeness (QED) is 0.448. The molecule has 1 aliphatic heterocycles. The normalized spacial score (nSPS) is 16.6. The first-order valence-electron chi connectivity index (χ1n) is 11.0. The maximum Gasteiger partial charge on any atom is 0.165 e. The summed E-state index contributed by atoms with van der Waals surface area (Å²) in [5.74, 6) is 2.17. The van der Waals surface area contributed by atoms with Crippen molar-refractivity contribution in [1.82, 2.24) is 34.3 Å². The Morgan fingerprint density at radius 1 is 1.03 bits per heavy atom. The number of hydrogen-bond donors (Lipinski definition) is 1. The Kier molecular flexibility index (Phi) is 4.69. The Morgan fingerprint density at radius 2 is 1.91 bits per heavy atom. The minimum Gasteiger partial charge on any atom is -0.485 e. The first-order chi connectivity index (χ1) is 16.1. The summed E-state index contributed by atoms with van der Waals surface area (Å²) in [5, 5.41) is 12.3. The van der Waals surface area contributed by atoms with E-state index in [0.717, 1.165) is 53.1 Å². The predicted molar refractivity (Wildman–Crippen MR) is 127 cm³/mol. The Labute approximate surface area is 190 Å². The molecule has 0 saturated carbocycles. The highest BCUT2D eigenvalue weighted by Gasteiger charge is 2.23. The van der Waals surface area contributed by atoms with Crippen LogP contribution in [0.25, 0.3) is 27.8 Å². The topological polar surface area (TPSA) is 85.4 Å². The molecule has 0 spiro atoms. The van der Waals surface area contributed by atoms with Crippen LogP contribution in [-0.4, -0.2) is 60.5 Å². The summed E-state index contributed by atoms with van der Waals surface area (Å²) in [6.45, 7) is 1.99. The van der Waals surface area contributed by atoms with Crippen LogP contribution < -0.4 is 10.1 Å². The highest BCUT2D eigenvalue weighted by Crippen LogP contribution is 2.32. The molecule has 6 rings (SSSR count). The summed E-state index contributed by atoms with van der Waals surface area (Å²) in [7, 11) is 4.06. The van der Waals surface area contributed by atoms with Gasteiger partial charge in [-0.2, -0.15) is 10.2 Å². The molecule has 1 saturated heterocycles. The summed E-state index contributed by atoms with van der Waals surface area (Å²) < 4.78 is 10.0. The molecule has 0 unspecified atom stereocenters. The second-order valence-electron chi connectivity index (χ2n) is 8.46. The summed E-state index contributed by atoms with van der Waals surface area (Å²) in [5.41, 5.74) is 4.65. The summed E-state index contributed by atoms with van der Waals surface area (Å²) in [4.78, 5) is 11.4. The lowest BCUT2D eigenvalue weighted by molar-refractivity contribution is 0.209. The van der Waals surface area contributed by atoms with Gasteiger partial charge in [-0.1, -0.05) is 12.1 Å². The van der Waals surface area contributed by atoms with Gasteiger partial charge in [0.25, 0.3) is 0 Å². The standard InChI is InChI=1S/C24H24N8O/c1-30-9-8-18(15-30)33-21-13-26-31(2)24(21)16-7-10-32-17(11-16)12-22(29-32)28-23-14-25-19-5-3-4-6-20(19)27-23/h3-7,10-14,18H,8-9,15H2,1-2H3,(H,27,28,29)/t18-/m0/s1. The maximum absolute atomic E-state index is 6.31. The highest BCUT2D eigenvalue weighted by molar-refractivity contribution is 5.76. The predicted octanol–water partition coefficient (Wildman–Crippen LogP) is 3.50. The molecule has 1 aliphatic rings. The van der Waals surface area contributed by atoms with E-state index in [-0.39, 0.29) is 6.10 Å². The van der Waals surface area contributed by atoms with Crippen LogP contribution in [0.4, 0.5) is 11.6 Å². The number of aromatic nitrogens is 6. The molecule has 4 aromatic heterocycles. The SMILES string of the molecule is CN1CC[C@H](Oc2cnn(C)c2-c2ccn3nc(Nc4cnc5ccccc5n4)cc3c2)C1. The van der Waals surface area contributed by atoms with Gasteiger partial charge in [-0.15, -0.1) is 0 Å². The lowest BCUT2D eigenvalue weighted by Crippen LogP contribution is -2.21.